The fourth-order valence-corrected chi connectivity index (χ4v) is 4.06. The van der Waals surface area contributed by atoms with E-state index in [9.17, 15) is 4.79 Å². The van der Waals surface area contributed by atoms with Crippen LogP contribution < -0.4 is 10.1 Å². The summed E-state index contributed by atoms with van der Waals surface area (Å²) < 4.78 is 13.5. The van der Waals surface area contributed by atoms with Crippen LogP contribution in [0.2, 0.25) is 0 Å². The molecule has 1 fully saturated rings. The lowest BCUT2D eigenvalue weighted by atomic mass is 10.1. The largest absolute Gasteiger partial charge is 0.489 e. The van der Waals surface area contributed by atoms with Gasteiger partial charge in [-0.15, -0.1) is 0 Å². The molecular weight excluding hydrogens is 392 g/mol. The van der Waals surface area contributed by atoms with E-state index < -0.39 is 0 Å². The van der Waals surface area contributed by atoms with E-state index in [1.54, 1.807) is 0 Å². The number of anilines is 1. The van der Waals surface area contributed by atoms with Gasteiger partial charge in [0.25, 0.3) is 0 Å². The SMILES string of the molecule is Cc1ccc(NC(=O)CCc2c(C)nc3cc(C)nn3c2C)c(OCC2CCCO2)c1. The number of amides is 1. The average molecular weight is 423 g/mol. The maximum atomic E-state index is 12.7. The topological polar surface area (TPSA) is 77.8 Å². The second kappa shape index (κ2) is 9.06. The van der Waals surface area contributed by atoms with E-state index in [0.29, 0.717) is 30.9 Å². The van der Waals surface area contributed by atoms with Crippen molar-refractivity contribution in [2.45, 2.75) is 59.5 Å². The molecule has 1 aliphatic heterocycles. The number of fused-ring (bicyclic) bond motifs is 1. The lowest BCUT2D eigenvalue weighted by Crippen LogP contribution is -2.18. The molecule has 0 saturated carbocycles. The number of nitrogens with one attached hydrogen (secondary N) is 1. The van der Waals surface area contributed by atoms with Crippen molar-refractivity contribution in [3.8, 4) is 5.75 Å². The van der Waals surface area contributed by atoms with Gasteiger partial charge in [-0.05, 0) is 70.2 Å². The molecule has 4 rings (SSSR count). The van der Waals surface area contributed by atoms with Crippen LogP contribution in [0.5, 0.6) is 5.75 Å². The van der Waals surface area contributed by atoms with Gasteiger partial charge in [0.15, 0.2) is 5.65 Å². The van der Waals surface area contributed by atoms with E-state index in [-0.39, 0.29) is 12.0 Å². The fourth-order valence-electron chi connectivity index (χ4n) is 4.06. The van der Waals surface area contributed by atoms with Crippen molar-refractivity contribution in [2.75, 3.05) is 18.5 Å². The Hall–Kier alpha value is -2.93. The number of benzene rings is 1. The summed E-state index contributed by atoms with van der Waals surface area (Å²) in [5.41, 5.74) is 6.57. The minimum Gasteiger partial charge on any atom is -0.489 e. The Labute approximate surface area is 182 Å². The Morgan fingerprint density at radius 2 is 2.10 bits per heavy atom. The predicted molar refractivity (Wildman–Crippen MR) is 120 cm³/mol. The maximum Gasteiger partial charge on any atom is 0.224 e. The average Bonchev–Trinajstić information content (AvgIpc) is 3.37. The second-order valence-electron chi connectivity index (χ2n) is 8.31. The van der Waals surface area contributed by atoms with E-state index in [2.05, 4.69) is 15.4 Å². The van der Waals surface area contributed by atoms with Gasteiger partial charge in [0.1, 0.15) is 12.4 Å². The van der Waals surface area contributed by atoms with Gasteiger partial charge in [-0.25, -0.2) is 9.50 Å². The summed E-state index contributed by atoms with van der Waals surface area (Å²) >= 11 is 0. The summed E-state index contributed by atoms with van der Waals surface area (Å²) in [6.07, 6.45) is 3.17. The maximum absolute atomic E-state index is 12.7. The van der Waals surface area contributed by atoms with Gasteiger partial charge < -0.3 is 14.8 Å². The van der Waals surface area contributed by atoms with Crippen molar-refractivity contribution in [3.05, 3.63) is 52.5 Å². The number of aromatic nitrogens is 3. The molecule has 1 aliphatic rings. The van der Waals surface area contributed by atoms with E-state index in [0.717, 1.165) is 53.3 Å². The molecule has 3 aromatic rings. The number of carbonyl (C=O) groups excluding carboxylic acids is 1. The Morgan fingerprint density at radius 3 is 2.87 bits per heavy atom. The minimum atomic E-state index is -0.0543. The summed E-state index contributed by atoms with van der Waals surface area (Å²) in [6.45, 7) is 9.27. The first-order valence-corrected chi connectivity index (χ1v) is 10.9. The van der Waals surface area contributed by atoms with E-state index >= 15 is 0 Å². The zero-order chi connectivity index (χ0) is 22.0. The normalized spacial score (nSPS) is 16.1. The summed E-state index contributed by atoms with van der Waals surface area (Å²) in [5, 5.41) is 7.53. The molecule has 31 heavy (non-hydrogen) atoms. The first kappa shape index (κ1) is 21.3. The van der Waals surface area contributed by atoms with Crippen LogP contribution in [-0.2, 0) is 16.0 Å². The van der Waals surface area contributed by atoms with Crippen molar-refractivity contribution in [1.82, 2.24) is 14.6 Å². The third kappa shape index (κ3) is 4.88. The van der Waals surface area contributed by atoms with Gasteiger partial charge in [0, 0.05) is 30.5 Å². The molecule has 3 heterocycles. The summed E-state index contributed by atoms with van der Waals surface area (Å²) in [6, 6.07) is 7.79. The fraction of sp³-hybridized carbons (Fsp3) is 0.458. The molecule has 1 amide bonds. The molecular formula is C24H30N4O3. The van der Waals surface area contributed by atoms with Crippen molar-refractivity contribution in [1.29, 1.82) is 0 Å². The smallest absolute Gasteiger partial charge is 0.224 e. The highest BCUT2D eigenvalue weighted by atomic mass is 16.5. The van der Waals surface area contributed by atoms with Crippen LogP contribution in [0.3, 0.4) is 0 Å². The Bertz CT molecular complexity index is 1100. The van der Waals surface area contributed by atoms with Crippen LogP contribution in [0, 0.1) is 27.7 Å². The quantitative estimate of drug-likeness (QED) is 0.620. The predicted octanol–water partition coefficient (Wildman–Crippen LogP) is 4.09. The molecule has 0 aliphatic carbocycles. The number of hydrogen-bond acceptors (Lipinski definition) is 5. The zero-order valence-electron chi connectivity index (χ0n) is 18.7. The Kier molecular flexibility index (Phi) is 6.23. The molecule has 2 aromatic heterocycles. The number of rotatable bonds is 7. The number of nitrogens with zero attached hydrogens (tertiary/aromatic N) is 3. The van der Waals surface area contributed by atoms with Crippen molar-refractivity contribution < 1.29 is 14.3 Å². The molecule has 1 atom stereocenters. The first-order chi connectivity index (χ1) is 14.9. The van der Waals surface area contributed by atoms with Crippen LogP contribution in [0.25, 0.3) is 5.65 Å². The van der Waals surface area contributed by atoms with Crippen LogP contribution >= 0.6 is 0 Å². The van der Waals surface area contributed by atoms with Crippen LogP contribution in [0.15, 0.2) is 24.3 Å². The van der Waals surface area contributed by atoms with Gasteiger partial charge in [0.2, 0.25) is 5.91 Å². The minimum absolute atomic E-state index is 0.0543. The zero-order valence-corrected chi connectivity index (χ0v) is 18.7. The highest BCUT2D eigenvalue weighted by molar-refractivity contribution is 5.92. The molecule has 1 unspecified atom stereocenters. The number of hydrogen-bond donors (Lipinski definition) is 1. The highest BCUT2D eigenvalue weighted by Gasteiger charge is 2.18. The molecule has 7 nitrogen and oxygen atoms in total. The molecule has 1 aromatic carbocycles. The van der Waals surface area contributed by atoms with E-state index in [1.165, 1.54) is 0 Å². The van der Waals surface area contributed by atoms with Gasteiger partial charge >= 0.3 is 0 Å². The number of aryl methyl sites for hydroxylation is 4. The van der Waals surface area contributed by atoms with Crippen LogP contribution in [-0.4, -0.2) is 39.8 Å². The lowest BCUT2D eigenvalue weighted by Gasteiger charge is -2.16. The van der Waals surface area contributed by atoms with Crippen molar-refractivity contribution in [2.24, 2.45) is 0 Å². The molecule has 1 N–H and O–H groups in total. The molecule has 164 valence electrons. The third-order valence-corrected chi connectivity index (χ3v) is 5.75. The highest BCUT2D eigenvalue weighted by Crippen LogP contribution is 2.27. The standard InChI is InChI=1S/C24H30N4O3/c1-15-7-9-21(22(12-15)31-14-19-6-5-11-30-19)26-24(29)10-8-20-17(3)25-23-13-16(2)27-28(23)18(20)4/h7,9,12-13,19H,5-6,8,10-11,14H2,1-4H3,(H,26,29). The van der Waals surface area contributed by atoms with Crippen molar-refractivity contribution >= 4 is 17.2 Å². The number of ether oxygens (including phenoxy) is 2. The summed E-state index contributed by atoms with van der Waals surface area (Å²) in [5.74, 6) is 0.632. The van der Waals surface area contributed by atoms with E-state index in [4.69, 9.17) is 9.47 Å². The lowest BCUT2D eigenvalue weighted by molar-refractivity contribution is -0.116. The monoisotopic (exact) mass is 422 g/mol. The molecule has 0 bridgehead atoms. The molecule has 0 radical (unpaired) electrons. The van der Waals surface area contributed by atoms with Gasteiger partial charge in [0.05, 0.1) is 17.5 Å². The Morgan fingerprint density at radius 1 is 1.26 bits per heavy atom. The van der Waals surface area contributed by atoms with Crippen LogP contribution in [0.1, 0.15) is 47.5 Å². The van der Waals surface area contributed by atoms with E-state index in [1.807, 2.05) is 56.5 Å². The second-order valence-corrected chi connectivity index (χ2v) is 8.31. The van der Waals surface area contributed by atoms with Crippen molar-refractivity contribution in [3.63, 3.8) is 0 Å². The molecule has 7 heteroatoms. The number of carbonyl (C=O) groups is 1. The Balaban J connectivity index is 1.42. The summed E-state index contributed by atoms with van der Waals surface area (Å²) in [4.78, 5) is 17.4. The van der Waals surface area contributed by atoms with Crippen LogP contribution in [0.4, 0.5) is 5.69 Å². The molecule has 0 spiro atoms. The first-order valence-electron chi connectivity index (χ1n) is 10.9. The van der Waals surface area contributed by atoms with Gasteiger partial charge in [-0.3, -0.25) is 4.79 Å². The third-order valence-electron chi connectivity index (χ3n) is 5.75. The summed E-state index contributed by atoms with van der Waals surface area (Å²) in [7, 11) is 0. The van der Waals surface area contributed by atoms with Gasteiger partial charge in [-0.2, -0.15) is 5.10 Å². The van der Waals surface area contributed by atoms with Gasteiger partial charge in [-0.1, -0.05) is 6.07 Å². The molecule has 1 saturated heterocycles.